The number of ether oxygens (including phenoxy) is 1. The number of rotatable bonds is 10. The van der Waals surface area contributed by atoms with Crippen molar-refractivity contribution in [1.29, 1.82) is 0 Å². The van der Waals surface area contributed by atoms with Gasteiger partial charge in [-0.3, -0.25) is 9.59 Å². The fraction of sp³-hybridized carbons (Fsp3) is 0.182. The molecule has 0 aliphatic carbocycles. The summed E-state index contributed by atoms with van der Waals surface area (Å²) in [7, 11) is 1.52. The minimum Gasteiger partial charge on any atom is -0.495 e. The summed E-state index contributed by atoms with van der Waals surface area (Å²) in [5.41, 5.74) is 1.02. The van der Waals surface area contributed by atoms with Crippen molar-refractivity contribution < 1.29 is 14.3 Å². The van der Waals surface area contributed by atoms with E-state index in [2.05, 4.69) is 43.3 Å². The van der Waals surface area contributed by atoms with Crippen LogP contribution in [0.5, 0.6) is 5.75 Å². The largest absolute Gasteiger partial charge is 0.495 e. The average molecular weight is 551 g/mol. The Bertz CT molecular complexity index is 1150. The number of halogens is 2. The summed E-state index contributed by atoms with van der Waals surface area (Å²) < 4.78 is 7.94. The molecule has 1 aromatic heterocycles. The van der Waals surface area contributed by atoms with Crippen LogP contribution < -0.4 is 15.4 Å². The van der Waals surface area contributed by atoms with Crippen LogP contribution in [0.4, 0.5) is 5.69 Å². The van der Waals surface area contributed by atoms with Gasteiger partial charge in [-0.15, -0.1) is 16.8 Å². The van der Waals surface area contributed by atoms with Crippen molar-refractivity contribution in [3.63, 3.8) is 0 Å². The molecule has 0 fully saturated rings. The van der Waals surface area contributed by atoms with Gasteiger partial charge in [0.05, 0.1) is 25.1 Å². The van der Waals surface area contributed by atoms with Gasteiger partial charge < -0.3 is 19.9 Å². The van der Waals surface area contributed by atoms with Gasteiger partial charge in [-0.25, -0.2) is 0 Å². The molecule has 8 nitrogen and oxygen atoms in total. The van der Waals surface area contributed by atoms with Gasteiger partial charge in [-0.1, -0.05) is 45.4 Å². The van der Waals surface area contributed by atoms with E-state index >= 15 is 0 Å². The van der Waals surface area contributed by atoms with Crippen LogP contribution in [0, 0.1) is 0 Å². The van der Waals surface area contributed by atoms with Gasteiger partial charge in [-0.05, 0) is 42.5 Å². The molecular formula is C22H21BrClN5O3S. The highest BCUT2D eigenvalue weighted by atomic mass is 79.9. The van der Waals surface area contributed by atoms with Crippen LogP contribution in [-0.2, 0) is 17.9 Å². The lowest BCUT2D eigenvalue weighted by molar-refractivity contribution is -0.113. The topological polar surface area (TPSA) is 98.1 Å². The minimum atomic E-state index is -0.251. The number of anilines is 1. The number of hydrogen-bond acceptors (Lipinski definition) is 6. The highest BCUT2D eigenvalue weighted by molar-refractivity contribution is 9.10. The summed E-state index contributed by atoms with van der Waals surface area (Å²) in [6.07, 6.45) is 1.70. The van der Waals surface area contributed by atoms with Gasteiger partial charge in [-0.2, -0.15) is 0 Å². The summed E-state index contributed by atoms with van der Waals surface area (Å²) in [4.78, 5) is 24.9. The first-order chi connectivity index (χ1) is 15.9. The van der Waals surface area contributed by atoms with Gasteiger partial charge in [0, 0.05) is 21.6 Å². The second-order valence-electron chi connectivity index (χ2n) is 6.67. The van der Waals surface area contributed by atoms with Crippen LogP contribution in [0.15, 0.2) is 64.7 Å². The molecule has 33 heavy (non-hydrogen) atoms. The first kappa shape index (κ1) is 24.8. The number of thioether (sulfide) groups is 1. The van der Waals surface area contributed by atoms with Crippen LogP contribution in [-0.4, -0.2) is 39.4 Å². The number of amides is 2. The van der Waals surface area contributed by atoms with E-state index in [1.54, 1.807) is 53.1 Å². The number of benzene rings is 2. The normalized spacial score (nSPS) is 10.5. The van der Waals surface area contributed by atoms with E-state index in [9.17, 15) is 9.59 Å². The first-order valence-electron chi connectivity index (χ1n) is 9.74. The second kappa shape index (κ2) is 11.9. The maximum absolute atomic E-state index is 12.5. The van der Waals surface area contributed by atoms with E-state index in [0.717, 1.165) is 4.47 Å². The molecule has 0 saturated heterocycles. The van der Waals surface area contributed by atoms with Crippen molar-refractivity contribution in [2.75, 3.05) is 18.2 Å². The summed E-state index contributed by atoms with van der Waals surface area (Å²) in [6.45, 7) is 4.38. The fourth-order valence-corrected chi connectivity index (χ4v) is 4.03. The van der Waals surface area contributed by atoms with Crippen molar-refractivity contribution in [3.8, 4) is 5.75 Å². The highest BCUT2D eigenvalue weighted by Crippen LogP contribution is 2.28. The minimum absolute atomic E-state index is 0.0934. The second-order valence-corrected chi connectivity index (χ2v) is 8.96. The Balaban J connectivity index is 1.62. The molecule has 0 aliphatic heterocycles. The molecule has 0 saturated carbocycles. The SMILES string of the molecule is C=CCn1c(CNC(=O)c2ccc(Br)cc2)nnc1SCC(=O)Nc1cc(Cl)ccc1OC. The number of hydrogen-bond donors (Lipinski definition) is 2. The summed E-state index contributed by atoms with van der Waals surface area (Å²) >= 11 is 10.6. The first-order valence-corrected chi connectivity index (χ1v) is 11.9. The van der Waals surface area contributed by atoms with Crippen LogP contribution in [0.25, 0.3) is 0 Å². The van der Waals surface area contributed by atoms with Crippen LogP contribution >= 0.6 is 39.3 Å². The molecule has 0 atom stereocenters. The number of carbonyl (C=O) groups is 2. The molecule has 0 unspecified atom stereocenters. The molecule has 2 N–H and O–H groups in total. The van der Waals surface area contributed by atoms with Gasteiger partial charge in [0.25, 0.3) is 5.91 Å². The summed E-state index contributed by atoms with van der Waals surface area (Å²) in [5.74, 6) is 0.686. The number of nitrogens with one attached hydrogen (secondary N) is 2. The molecule has 2 amide bonds. The number of allylic oxidation sites excluding steroid dienone is 1. The third-order valence-corrected chi connectivity index (χ3v) is 6.12. The lowest BCUT2D eigenvalue weighted by Gasteiger charge is -2.11. The molecule has 11 heteroatoms. The fourth-order valence-electron chi connectivity index (χ4n) is 2.83. The maximum atomic E-state index is 12.5. The lowest BCUT2D eigenvalue weighted by atomic mass is 10.2. The van der Waals surface area contributed by atoms with Crippen molar-refractivity contribution >= 4 is 56.8 Å². The van der Waals surface area contributed by atoms with E-state index in [1.807, 2.05) is 0 Å². The van der Waals surface area contributed by atoms with Crippen LogP contribution in [0.2, 0.25) is 5.02 Å². The van der Waals surface area contributed by atoms with E-state index < -0.39 is 0 Å². The van der Waals surface area contributed by atoms with Crippen molar-refractivity contribution in [2.24, 2.45) is 0 Å². The van der Waals surface area contributed by atoms with E-state index in [0.29, 0.717) is 39.5 Å². The maximum Gasteiger partial charge on any atom is 0.251 e. The van der Waals surface area contributed by atoms with Gasteiger partial charge in [0.2, 0.25) is 5.91 Å². The Morgan fingerprint density at radius 1 is 1.24 bits per heavy atom. The Morgan fingerprint density at radius 2 is 2.00 bits per heavy atom. The number of nitrogens with zero attached hydrogens (tertiary/aromatic N) is 3. The third-order valence-electron chi connectivity index (χ3n) is 4.39. The zero-order chi connectivity index (χ0) is 23.8. The molecule has 0 radical (unpaired) electrons. The van der Waals surface area contributed by atoms with Crippen molar-refractivity contribution in [1.82, 2.24) is 20.1 Å². The molecule has 1 heterocycles. The molecule has 172 valence electrons. The average Bonchev–Trinajstić information content (AvgIpc) is 3.18. The molecule has 0 spiro atoms. The Kier molecular flexibility index (Phi) is 8.93. The molecule has 3 rings (SSSR count). The van der Waals surface area contributed by atoms with Gasteiger partial charge in [0.1, 0.15) is 5.75 Å². The summed E-state index contributed by atoms with van der Waals surface area (Å²) in [5, 5.41) is 15.0. The predicted molar refractivity (Wildman–Crippen MR) is 133 cm³/mol. The smallest absolute Gasteiger partial charge is 0.251 e. The van der Waals surface area contributed by atoms with Crippen molar-refractivity contribution in [3.05, 3.63) is 76.0 Å². The standard InChI is InChI=1S/C22H21BrClN5O3S/c1-3-10-29-19(12-25-21(31)14-4-6-15(23)7-5-14)27-28-22(29)33-13-20(30)26-17-11-16(24)8-9-18(17)32-2/h3-9,11H,1,10,12-13H2,2H3,(H,25,31)(H,26,30). The predicted octanol–water partition coefficient (Wildman–Crippen LogP) is 4.55. The van der Waals surface area contributed by atoms with Gasteiger partial charge in [0.15, 0.2) is 11.0 Å². The van der Waals surface area contributed by atoms with Crippen molar-refractivity contribution in [2.45, 2.75) is 18.2 Å². The zero-order valence-corrected chi connectivity index (χ0v) is 20.8. The molecule has 3 aromatic rings. The number of carbonyl (C=O) groups excluding carboxylic acids is 2. The molecular weight excluding hydrogens is 530 g/mol. The van der Waals surface area contributed by atoms with Crippen LogP contribution in [0.1, 0.15) is 16.2 Å². The van der Waals surface area contributed by atoms with E-state index in [-0.39, 0.29) is 24.1 Å². The van der Waals surface area contributed by atoms with Gasteiger partial charge >= 0.3 is 0 Å². The summed E-state index contributed by atoms with van der Waals surface area (Å²) in [6, 6.07) is 12.0. The van der Waals surface area contributed by atoms with E-state index in [4.69, 9.17) is 16.3 Å². The Morgan fingerprint density at radius 3 is 2.70 bits per heavy atom. The monoisotopic (exact) mass is 549 g/mol. The number of methoxy groups -OCH3 is 1. The lowest BCUT2D eigenvalue weighted by Crippen LogP contribution is -2.24. The quantitative estimate of drug-likeness (QED) is 0.284. The molecule has 2 aromatic carbocycles. The Labute approximate surface area is 208 Å². The number of aromatic nitrogens is 3. The zero-order valence-electron chi connectivity index (χ0n) is 17.7. The highest BCUT2D eigenvalue weighted by Gasteiger charge is 2.16. The Hall–Kier alpha value is -2.82. The van der Waals surface area contributed by atoms with E-state index in [1.165, 1.54) is 18.9 Å². The molecule has 0 bridgehead atoms. The third kappa shape index (κ3) is 6.83. The molecule has 0 aliphatic rings. The van der Waals surface area contributed by atoms with Crippen LogP contribution in [0.3, 0.4) is 0 Å².